The van der Waals surface area contributed by atoms with Crippen molar-refractivity contribution in [3.05, 3.63) is 52.3 Å². The van der Waals surface area contributed by atoms with Crippen LogP contribution in [-0.2, 0) is 12.7 Å². The Hall–Kier alpha value is -2.14. The van der Waals surface area contributed by atoms with Crippen molar-refractivity contribution >= 4 is 17.6 Å². The largest absolute Gasteiger partial charge is 0.416 e. The summed E-state index contributed by atoms with van der Waals surface area (Å²) in [5.41, 5.74) is 5.47. The summed E-state index contributed by atoms with van der Waals surface area (Å²) in [5.74, 6) is 0. The molecule has 11 heteroatoms. The molecule has 3 heterocycles. The maximum atomic E-state index is 13.1. The van der Waals surface area contributed by atoms with Crippen LogP contribution in [0, 0.1) is 5.41 Å². The van der Waals surface area contributed by atoms with Crippen molar-refractivity contribution < 1.29 is 23.1 Å². The van der Waals surface area contributed by atoms with Crippen molar-refractivity contribution in [3.63, 3.8) is 0 Å². The third-order valence-corrected chi connectivity index (χ3v) is 6.63. The van der Waals surface area contributed by atoms with Crippen LogP contribution >= 0.6 is 11.6 Å². The van der Waals surface area contributed by atoms with Gasteiger partial charge >= 0.3 is 12.2 Å². The van der Waals surface area contributed by atoms with Crippen LogP contribution in [-0.4, -0.2) is 56.9 Å². The molecule has 32 heavy (non-hydrogen) atoms. The lowest BCUT2D eigenvalue weighted by molar-refractivity contribution is -0.137. The van der Waals surface area contributed by atoms with Crippen molar-refractivity contribution in [3.8, 4) is 0 Å². The zero-order chi connectivity index (χ0) is 23.1. The number of aliphatic hydroxyl groups is 1. The number of piperidine rings is 1. The number of alkyl halides is 3. The van der Waals surface area contributed by atoms with Gasteiger partial charge in [-0.3, -0.25) is 4.90 Å². The van der Waals surface area contributed by atoms with Gasteiger partial charge in [-0.15, -0.1) is 0 Å². The van der Waals surface area contributed by atoms with E-state index in [1.807, 2.05) is 0 Å². The molecule has 2 saturated heterocycles. The van der Waals surface area contributed by atoms with E-state index in [2.05, 4.69) is 10.00 Å². The minimum absolute atomic E-state index is 0.0466. The van der Waals surface area contributed by atoms with E-state index in [9.17, 15) is 23.1 Å². The van der Waals surface area contributed by atoms with Gasteiger partial charge in [0.05, 0.1) is 5.56 Å². The fraction of sp³-hybridized carbons (Fsp3) is 0.524. The molecular formula is C21H25ClF3N5O2. The number of rotatable bonds is 3. The number of aromatic nitrogens is 2. The van der Waals surface area contributed by atoms with Gasteiger partial charge < -0.3 is 15.7 Å². The van der Waals surface area contributed by atoms with Crippen LogP contribution < -0.4 is 5.73 Å². The summed E-state index contributed by atoms with van der Waals surface area (Å²) in [7, 11) is 0. The third-order valence-electron chi connectivity index (χ3n) is 6.41. The first-order valence-corrected chi connectivity index (χ1v) is 10.8. The second kappa shape index (κ2) is 8.66. The highest BCUT2D eigenvalue weighted by Gasteiger charge is 2.41. The topological polar surface area (TPSA) is 87.6 Å². The molecule has 2 aliphatic heterocycles. The highest BCUT2D eigenvalue weighted by Crippen LogP contribution is 2.41. The van der Waals surface area contributed by atoms with Gasteiger partial charge in [-0.1, -0.05) is 11.6 Å². The van der Waals surface area contributed by atoms with E-state index >= 15 is 0 Å². The van der Waals surface area contributed by atoms with Gasteiger partial charge in [-0.05, 0) is 61.1 Å². The standard InChI is InChI=1S/C21H25ClF3N5O2/c22-16-10-14(9-15(11-16)21(23,24)25)12-28-6-2-20(13-28)3-7-29(8-4-20)19(32)30-5-1-17(27-30)18(26)31/h1,5,9-11,18,31H,2-4,6-8,12-13,26H2. The van der Waals surface area contributed by atoms with E-state index in [-0.39, 0.29) is 22.2 Å². The number of benzene rings is 1. The van der Waals surface area contributed by atoms with E-state index in [1.165, 1.54) is 16.9 Å². The molecule has 1 aromatic heterocycles. The Balaban J connectivity index is 1.35. The second-order valence-electron chi connectivity index (χ2n) is 8.71. The molecular weight excluding hydrogens is 447 g/mol. The lowest BCUT2D eigenvalue weighted by Gasteiger charge is -2.39. The minimum Gasteiger partial charge on any atom is -0.373 e. The Labute approximate surface area is 188 Å². The maximum absolute atomic E-state index is 13.1. The Bertz CT molecular complexity index is 986. The predicted molar refractivity (Wildman–Crippen MR) is 112 cm³/mol. The van der Waals surface area contributed by atoms with Crippen molar-refractivity contribution in [2.45, 2.75) is 38.2 Å². The predicted octanol–water partition coefficient (Wildman–Crippen LogP) is 3.46. The van der Waals surface area contributed by atoms with Crippen LogP contribution in [0.3, 0.4) is 0 Å². The molecule has 3 N–H and O–H groups in total. The molecule has 2 fully saturated rings. The fourth-order valence-electron chi connectivity index (χ4n) is 4.65. The molecule has 2 aromatic rings. The van der Waals surface area contributed by atoms with E-state index in [0.29, 0.717) is 25.2 Å². The molecule has 0 aliphatic carbocycles. The van der Waals surface area contributed by atoms with Gasteiger partial charge in [0.2, 0.25) is 0 Å². The monoisotopic (exact) mass is 471 g/mol. The maximum Gasteiger partial charge on any atom is 0.416 e. The summed E-state index contributed by atoms with van der Waals surface area (Å²) in [5, 5.41) is 13.5. The number of likely N-dealkylation sites (tertiary alicyclic amines) is 2. The number of amides is 1. The van der Waals surface area contributed by atoms with Gasteiger partial charge in [0, 0.05) is 37.4 Å². The molecule has 1 spiro atoms. The van der Waals surface area contributed by atoms with Gasteiger partial charge in [-0.25, -0.2) is 4.79 Å². The third kappa shape index (κ3) is 4.93. The smallest absolute Gasteiger partial charge is 0.373 e. The Morgan fingerprint density at radius 1 is 1.22 bits per heavy atom. The van der Waals surface area contributed by atoms with Crippen LogP contribution in [0.4, 0.5) is 18.0 Å². The summed E-state index contributed by atoms with van der Waals surface area (Å²) < 4.78 is 40.4. The molecule has 0 bridgehead atoms. The van der Waals surface area contributed by atoms with Gasteiger partial charge in [0.25, 0.3) is 0 Å². The highest BCUT2D eigenvalue weighted by atomic mass is 35.5. The zero-order valence-electron chi connectivity index (χ0n) is 17.4. The Morgan fingerprint density at radius 3 is 2.53 bits per heavy atom. The number of hydrogen-bond acceptors (Lipinski definition) is 5. The van der Waals surface area contributed by atoms with E-state index < -0.39 is 18.0 Å². The lowest BCUT2D eigenvalue weighted by Crippen LogP contribution is -2.45. The van der Waals surface area contributed by atoms with Gasteiger partial charge in [-0.2, -0.15) is 23.0 Å². The normalized spacial score (nSPS) is 20.1. The SMILES string of the molecule is NC(O)c1ccn(C(=O)N2CCC3(CCN(Cc4cc(Cl)cc(C(F)(F)F)c4)C3)CC2)n1. The molecule has 174 valence electrons. The first-order chi connectivity index (χ1) is 15.0. The van der Waals surface area contributed by atoms with E-state index in [0.717, 1.165) is 44.5 Å². The number of halogens is 4. The molecule has 7 nitrogen and oxygen atoms in total. The average molecular weight is 472 g/mol. The van der Waals surface area contributed by atoms with Crippen molar-refractivity contribution in [2.24, 2.45) is 11.1 Å². The number of nitrogens with zero attached hydrogens (tertiary/aromatic N) is 4. The molecule has 1 amide bonds. The van der Waals surface area contributed by atoms with Crippen LogP contribution in [0.15, 0.2) is 30.5 Å². The van der Waals surface area contributed by atoms with Gasteiger partial charge in [0.15, 0.2) is 0 Å². The number of carbonyl (C=O) groups excluding carboxylic acids is 1. The summed E-state index contributed by atoms with van der Waals surface area (Å²) in [4.78, 5) is 16.6. The van der Waals surface area contributed by atoms with Gasteiger partial charge in [0.1, 0.15) is 11.9 Å². The minimum atomic E-state index is -4.43. The molecule has 1 unspecified atom stereocenters. The van der Waals surface area contributed by atoms with Crippen LogP contribution in [0.1, 0.15) is 42.3 Å². The number of carbonyl (C=O) groups is 1. The Morgan fingerprint density at radius 2 is 1.91 bits per heavy atom. The molecule has 1 aromatic carbocycles. The molecule has 0 radical (unpaired) electrons. The van der Waals surface area contributed by atoms with Crippen molar-refractivity contribution in [1.82, 2.24) is 19.6 Å². The molecule has 1 atom stereocenters. The molecule has 4 rings (SSSR count). The first-order valence-electron chi connectivity index (χ1n) is 10.4. The number of nitrogens with two attached hydrogens (primary N) is 1. The van der Waals surface area contributed by atoms with E-state index in [4.69, 9.17) is 17.3 Å². The zero-order valence-corrected chi connectivity index (χ0v) is 18.1. The quantitative estimate of drug-likeness (QED) is 0.669. The van der Waals surface area contributed by atoms with E-state index in [1.54, 1.807) is 11.0 Å². The average Bonchev–Trinajstić information content (AvgIpc) is 3.35. The van der Waals surface area contributed by atoms with Crippen molar-refractivity contribution in [1.29, 1.82) is 0 Å². The van der Waals surface area contributed by atoms with Crippen LogP contribution in [0.5, 0.6) is 0 Å². The second-order valence-corrected chi connectivity index (χ2v) is 9.14. The highest BCUT2D eigenvalue weighted by molar-refractivity contribution is 6.30. The molecule has 2 aliphatic rings. The van der Waals surface area contributed by atoms with Crippen molar-refractivity contribution in [2.75, 3.05) is 26.2 Å². The Kier molecular flexibility index (Phi) is 6.23. The first kappa shape index (κ1) is 23.0. The van der Waals surface area contributed by atoms with Crippen LogP contribution in [0.25, 0.3) is 0 Å². The molecule has 0 saturated carbocycles. The summed E-state index contributed by atoms with van der Waals surface area (Å²) in [6.45, 7) is 3.11. The number of aliphatic hydroxyl groups excluding tert-OH is 1. The fourth-order valence-corrected chi connectivity index (χ4v) is 4.91. The summed E-state index contributed by atoms with van der Waals surface area (Å²) >= 11 is 5.91. The summed E-state index contributed by atoms with van der Waals surface area (Å²) in [6.07, 6.45) is -1.62. The lowest BCUT2D eigenvalue weighted by atomic mass is 9.78. The number of hydrogen-bond donors (Lipinski definition) is 2. The summed E-state index contributed by atoms with van der Waals surface area (Å²) in [6, 6.07) is 4.93. The van der Waals surface area contributed by atoms with Crippen LogP contribution in [0.2, 0.25) is 5.02 Å².